The van der Waals surface area contributed by atoms with E-state index in [-0.39, 0.29) is 0 Å². The lowest BCUT2D eigenvalue weighted by Gasteiger charge is -2.08. The van der Waals surface area contributed by atoms with Crippen molar-refractivity contribution < 1.29 is 0 Å². The van der Waals surface area contributed by atoms with E-state index >= 15 is 0 Å². The van der Waals surface area contributed by atoms with Gasteiger partial charge in [0.15, 0.2) is 0 Å². The van der Waals surface area contributed by atoms with E-state index in [0.29, 0.717) is 0 Å². The van der Waals surface area contributed by atoms with E-state index in [0.717, 1.165) is 11.4 Å². The molecule has 1 aromatic heterocycles. The second-order valence-corrected chi connectivity index (χ2v) is 4.63. The number of fused-ring (bicyclic) bond motifs is 3. The molecular weight excluding hydrogens is 232 g/mol. The van der Waals surface area contributed by atoms with Crippen LogP contribution in [0.1, 0.15) is 0 Å². The summed E-state index contributed by atoms with van der Waals surface area (Å²) in [7, 11) is 0. The first kappa shape index (κ1) is 10.3. The lowest BCUT2D eigenvalue weighted by atomic mass is 9.97. The van der Waals surface area contributed by atoms with E-state index in [4.69, 9.17) is 0 Å². The molecule has 0 aliphatic carbocycles. The molecule has 1 heterocycles. The van der Waals surface area contributed by atoms with Crippen LogP contribution in [0.25, 0.3) is 32.9 Å². The number of hydrogen-bond donors (Lipinski definition) is 1. The third-order valence-corrected chi connectivity index (χ3v) is 3.52. The number of H-pyrrole nitrogens is 1. The van der Waals surface area contributed by atoms with Crippen molar-refractivity contribution in [3.63, 3.8) is 0 Å². The molecule has 0 amide bonds. The van der Waals surface area contributed by atoms with Gasteiger partial charge in [0, 0.05) is 18.0 Å². The summed E-state index contributed by atoms with van der Waals surface area (Å²) in [5.74, 6) is 0.918. The van der Waals surface area contributed by atoms with Crippen molar-refractivity contribution in [2.45, 2.75) is 0 Å². The predicted molar refractivity (Wildman–Crippen MR) is 79.0 cm³/mol. The van der Waals surface area contributed by atoms with E-state index in [1.807, 2.05) is 6.20 Å². The molecule has 0 aliphatic heterocycles. The van der Waals surface area contributed by atoms with Crippen molar-refractivity contribution in [2.24, 2.45) is 0 Å². The fourth-order valence-electron chi connectivity index (χ4n) is 2.66. The zero-order valence-corrected chi connectivity index (χ0v) is 10.3. The number of nitrogens with zero attached hydrogens (tertiary/aromatic N) is 1. The van der Waals surface area contributed by atoms with Gasteiger partial charge in [-0.1, -0.05) is 48.5 Å². The van der Waals surface area contributed by atoms with Crippen LogP contribution in [-0.2, 0) is 0 Å². The highest BCUT2D eigenvalue weighted by atomic mass is 14.9. The smallest absolute Gasteiger partial charge is 0.137 e. The minimum Gasteiger partial charge on any atom is -0.345 e. The quantitative estimate of drug-likeness (QED) is 0.494. The predicted octanol–water partition coefficient (Wildman–Crippen LogP) is 4.38. The Morgan fingerprint density at radius 1 is 0.789 bits per heavy atom. The fourth-order valence-corrected chi connectivity index (χ4v) is 2.66. The minimum atomic E-state index is 0.918. The van der Waals surface area contributed by atoms with Crippen LogP contribution in [-0.4, -0.2) is 9.97 Å². The first-order chi connectivity index (χ1) is 9.43. The number of benzene rings is 3. The minimum absolute atomic E-state index is 0.918. The molecule has 0 bridgehead atoms. The lowest BCUT2D eigenvalue weighted by molar-refractivity contribution is 1.32. The molecule has 0 atom stereocenters. The zero-order valence-electron chi connectivity index (χ0n) is 10.3. The van der Waals surface area contributed by atoms with Gasteiger partial charge in [0.25, 0.3) is 0 Å². The van der Waals surface area contributed by atoms with E-state index in [2.05, 4.69) is 64.6 Å². The maximum Gasteiger partial charge on any atom is 0.137 e. The van der Waals surface area contributed by atoms with Crippen molar-refractivity contribution >= 4 is 21.5 Å². The summed E-state index contributed by atoms with van der Waals surface area (Å²) in [6, 6.07) is 19.2. The summed E-state index contributed by atoms with van der Waals surface area (Å²) >= 11 is 0. The molecule has 0 fully saturated rings. The number of nitrogens with one attached hydrogen (secondary N) is 1. The van der Waals surface area contributed by atoms with Gasteiger partial charge in [-0.05, 0) is 27.6 Å². The Kier molecular flexibility index (Phi) is 2.15. The number of aromatic nitrogens is 2. The number of imidazole rings is 1. The molecule has 4 rings (SSSR count). The molecule has 0 spiro atoms. The Morgan fingerprint density at radius 2 is 1.53 bits per heavy atom. The van der Waals surface area contributed by atoms with Crippen molar-refractivity contribution in [1.29, 1.82) is 0 Å². The second-order valence-electron chi connectivity index (χ2n) is 4.63. The molecule has 3 aromatic carbocycles. The Balaban J connectivity index is 2.22. The van der Waals surface area contributed by atoms with Gasteiger partial charge >= 0.3 is 0 Å². The van der Waals surface area contributed by atoms with Crippen LogP contribution in [0.4, 0.5) is 0 Å². The number of rotatable bonds is 1. The summed E-state index contributed by atoms with van der Waals surface area (Å²) in [6.45, 7) is 0. The van der Waals surface area contributed by atoms with Gasteiger partial charge in [0.1, 0.15) is 5.82 Å². The van der Waals surface area contributed by atoms with Gasteiger partial charge in [0.05, 0.1) is 0 Å². The normalized spacial score (nSPS) is 11.2. The molecule has 4 aromatic rings. The van der Waals surface area contributed by atoms with Crippen LogP contribution in [0.2, 0.25) is 0 Å². The SMILES string of the molecule is c1ccc2c(c1)cc(-c1ncc[nH]1)c1ccccc12. The highest BCUT2D eigenvalue weighted by Crippen LogP contribution is 2.33. The Labute approximate surface area is 110 Å². The van der Waals surface area contributed by atoms with Crippen LogP contribution in [0.3, 0.4) is 0 Å². The molecular formula is C17H12N2. The van der Waals surface area contributed by atoms with Crippen molar-refractivity contribution in [2.75, 3.05) is 0 Å². The topological polar surface area (TPSA) is 28.7 Å². The van der Waals surface area contributed by atoms with Crippen molar-refractivity contribution in [3.05, 3.63) is 67.0 Å². The number of aromatic amines is 1. The van der Waals surface area contributed by atoms with Gasteiger partial charge < -0.3 is 4.98 Å². The van der Waals surface area contributed by atoms with Crippen molar-refractivity contribution in [1.82, 2.24) is 9.97 Å². The van der Waals surface area contributed by atoms with Crippen molar-refractivity contribution in [3.8, 4) is 11.4 Å². The fraction of sp³-hybridized carbons (Fsp3) is 0. The maximum absolute atomic E-state index is 4.39. The van der Waals surface area contributed by atoms with Crippen LogP contribution in [0.15, 0.2) is 67.0 Å². The third-order valence-electron chi connectivity index (χ3n) is 3.52. The zero-order chi connectivity index (χ0) is 12.7. The third kappa shape index (κ3) is 1.54. The summed E-state index contributed by atoms with van der Waals surface area (Å²) in [6.07, 6.45) is 3.65. The van der Waals surface area contributed by atoms with Crippen LogP contribution < -0.4 is 0 Å². The molecule has 2 nitrogen and oxygen atoms in total. The largest absolute Gasteiger partial charge is 0.345 e. The van der Waals surface area contributed by atoms with E-state index < -0.39 is 0 Å². The Hall–Kier alpha value is -2.61. The van der Waals surface area contributed by atoms with Gasteiger partial charge in [-0.25, -0.2) is 4.98 Å². The second kappa shape index (κ2) is 3.95. The molecule has 0 saturated heterocycles. The standard InChI is InChI=1S/C17H12N2/c1-2-6-13-12(5-1)11-16(17-18-9-10-19-17)15-8-4-3-7-14(13)15/h1-11H,(H,18,19). The molecule has 0 radical (unpaired) electrons. The van der Waals surface area contributed by atoms with Crippen LogP contribution in [0.5, 0.6) is 0 Å². The van der Waals surface area contributed by atoms with E-state index in [1.165, 1.54) is 21.5 Å². The Morgan fingerprint density at radius 3 is 2.32 bits per heavy atom. The van der Waals surface area contributed by atoms with Crippen LogP contribution >= 0.6 is 0 Å². The molecule has 2 heteroatoms. The first-order valence-corrected chi connectivity index (χ1v) is 6.34. The summed E-state index contributed by atoms with van der Waals surface area (Å²) < 4.78 is 0. The summed E-state index contributed by atoms with van der Waals surface area (Å²) in [5, 5.41) is 5.03. The highest BCUT2D eigenvalue weighted by molar-refractivity contribution is 6.13. The molecule has 0 saturated carbocycles. The molecule has 90 valence electrons. The lowest BCUT2D eigenvalue weighted by Crippen LogP contribution is -1.85. The van der Waals surface area contributed by atoms with Gasteiger partial charge in [-0.15, -0.1) is 0 Å². The Bertz CT molecular complexity index is 861. The van der Waals surface area contributed by atoms with E-state index in [1.54, 1.807) is 6.20 Å². The summed E-state index contributed by atoms with van der Waals surface area (Å²) in [4.78, 5) is 7.59. The monoisotopic (exact) mass is 244 g/mol. The van der Waals surface area contributed by atoms with Gasteiger partial charge in [0.2, 0.25) is 0 Å². The van der Waals surface area contributed by atoms with Crippen LogP contribution in [0, 0.1) is 0 Å². The van der Waals surface area contributed by atoms with Gasteiger partial charge in [-0.2, -0.15) is 0 Å². The summed E-state index contributed by atoms with van der Waals surface area (Å²) in [5.41, 5.74) is 1.15. The average Bonchev–Trinajstić information content (AvgIpc) is 3.00. The van der Waals surface area contributed by atoms with Gasteiger partial charge in [-0.3, -0.25) is 0 Å². The number of hydrogen-bond acceptors (Lipinski definition) is 1. The maximum atomic E-state index is 4.39. The molecule has 0 unspecified atom stereocenters. The molecule has 0 aliphatic rings. The highest BCUT2D eigenvalue weighted by Gasteiger charge is 2.08. The average molecular weight is 244 g/mol. The first-order valence-electron chi connectivity index (χ1n) is 6.34. The molecule has 1 N–H and O–H groups in total. The molecule has 19 heavy (non-hydrogen) atoms. The van der Waals surface area contributed by atoms with E-state index in [9.17, 15) is 0 Å².